The molecule has 9 nitrogen and oxygen atoms in total. The number of aliphatic hydroxyl groups is 1. The Morgan fingerprint density at radius 3 is 2.74 bits per heavy atom. The first kappa shape index (κ1) is 23.1. The zero-order valence-electron chi connectivity index (χ0n) is 19.3. The van der Waals surface area contributed by atoms with Crippen molar-refractivity contribution >= 4 is 22.9 Å². The lowest BCUT2D eigenvalue weighted by molar-refractivity contribution is -0.139. The van der Waals surface area contributed by atoms with Crippen molar-refractivity contribution in [2.75, 3.05) is 11.4 Å². The number of imidazole rings is 1. The largest absolute Gasteiger partial charge is 0.441 e. The van der Waals surface area contributed by atoms with Crippen LogP contribution >= 0.6 is 0 Å². The number of hydrogen-bond acceptors (Lipinski definition) is 7. The standard InChI is InChI=1S/C24H24F2N6O3/c1-22(2,34)19-10-29-20(11-28-19)32-13-23(35-21(32)33)5-6-24(25,26)16(8-23)12-31-14-30-17-4-3-15(9-27)7-18(17)31/h3-4,7,10-11,14,16,34H,5-6,8,12-13H2,1-2H3/t16?,23-/m0/s1. The number of anilines is 1. The number of rotatable bonds is 4. The van der Waals surface area contributed by atoms with Gasteiger partial charge in [0, 0.05) is 18.9 Å². The van der Waals surface area contributed by atoms with Crippen molar-refractivity contribution in [2.45, 2.75) is 56.8 Å². The van der Waals surface area contributed by atoms with Gasteiger partial charge in [-0.3, -0.25) is 9.88 Å². The lowest BCUT2D eigenvalue weighted by atomic mass is 9.75. The maximum absolute atomic E-state index is 15.0. The van der Waals surface area contributed by atoms with E-state index in [1.165, 1.54) is 23.6 Å². The third-order valence-electron chi connectivity index (χ3n) is 6.81. The number of amides is 1. The molecule has 2 aliphatic rings. The molecule has 0 radical (unpaired) electrons. The number of fused-ring (bicyclic) bond motifs is 1. The molecule has 2 fully saturated rings. The molecule has 3 heterocycles. The molecule has 2 aromatic heterocycles. The van der Waals surface area contributed by atoms with E-state index >= 15 is 8.78 Å². The molecule has 2 atom stereocenters. The molecule has 1 aliphatic carbocycles. The van der Waals surface area contributed by atoms with Crippen LogP contribution in [0.5, 0.6) is 0 Å². The van der Waals surface area contributed by atoms with Crippen LogP contribution < -0.4 is 4.90 Å². The fourth-order valence-corrected chi connectivity index (χ4v) is 4.82. The van der Waals surface area contributed by atoms with Crippen molar-refractivity contribution in [1.82, 2.24) is 19.5 Å². The minimum absolute atomic E-state index is 0.0250. The van der Waals surface area contributed by atoms with Crippen LogP contribution in [0.1, 0.15) is 44.4 Å². The number of aromatic nitrogens is 4. The van der Waals surface area contributed by atoms with Crippen LogP contribution in [0.2, 0.25) is 0 Å². The fraction of sp³-hybridized carbons (Fsp3) is 0.458. The number of hydrogen-bond donors (Lipinski definition) is 1. The molecule has 5 rings (SSSR count). The minimum Gasteiger partial charge on any atom is -0.441 e. The summed E-state index contributed by atoms with van der Waals surface area (Å²) in [6.07, 6.45) is 3.16. The van der Waals surface area contributed by atoms with Crippen molar-refractivity contribution in [2.24, 2.45) is 5.92 Å². The molecule has 0 bridgehead atoms. The van der Waals surface area contributed by atoms with Gasteiger partial charge in [-0.15, -0.1) is 0 Å². The van der Waals surface area contributed by atoms with Crippen LogP contribution in [-0.2, 0) is 16.9 Å². The van der Waals surface area contributed by atoms with E-state index in [1.807, 2.05) is 0 Å². The summed E-state index contributed by atoms with van der Waals surface area (Å²) in [6, 6.07) is 7.01. The quantitative estimate of drug-likeness (QED) is 0.602. The van der Waals surface area contributed by atoms with Gasteiger partial charge in [0.15, 0.2) is 5.82 Å². The Bertz CT molecular complexity index is 1330. The Morgan fingerprint density at radius 2 is 2.06 bits per heavy atom. The van der Waals surface area contributed by atoms with E-state index in [0.717, 1.165) is 0 Å². The van der Waals surface area contributed by atoms with Gasteiger partial charge in [0.25, 0.3) is 5.92 Å². The molecule has 1 N–H and O–H groups in total. The molecule has 1 amide bonds. The number of carbonyl (C=O) groups is 1. The highest BCUT2D eigenvalue weighted by Gasteiger charge is 2.56. The molecule has 1 saturated carbocycles. The van der Waals surface area contributed by atoms with E-state index in [0.29, 0.717) is 22.3 Å². The summed E-state index contributed by atoms with van der Waals surface area (Å²) in [4.78, 5) is 26.7. The molecular weight excluding hydrogens is 458 g/mol. The average molecular weight is 482 g/mol. The Kier molecular flexibility index (Phi) is 5.25. The Labute approximate surface area is 200 Å². The van der Waals surface area contributed by atoms with Gasteiger partial charge in [-0.2, -0.15) is 5.26 Å². The zero-order valence-corrected chi connectivity index (χ0v) is 19.3. The number of alkyl halides is 2. The van der Waals surface area contributed by atoms with Crippen LogP contribution in [0.15, 0.2) is 36.9 Å². The van der Waals surface area contributed by atoms with E-state index in [4.69, 9.17) is 4.74 Å². The monoisotopic (exact) mass is 482 g/mol. The van der Waals surface area contributed by atoms with Gasteiger partial charge in [0.2, 0.25) is 0 Å². The van der Waals surface area contributed by atoms with Gasteiger partial charge in [-0.05, 0) is 44.9 Å². The van der Waals surface area contributed by atoms with Crippen LogP contribution in [0.3, 0.4) is 0 Å². The molecule has 1 aliphatic heterocycles. The maximum Gasteiger partial charge on any atom is 0.416 e. The summed E-state index contributed by atoms with van der Waals surface area (Å²) in [5.74, 6) is -3.82. The summed E-state index contributed by atoms with van der Waals surface area (Å²) < 4.78 is 37.4. The van der Waals surface area contributed by atoms with Gasteiger partial charge in [-0.25, -0.2) is 23.5 Å². The molecule has 1 spiro atoms. The van der Waals surface area contributed by atoms with Gasteiger partial charge in [-0.1, -0.05) is 0 Å². The van der Waals surface area contributed by atoms with Crippen molar-refractivity contribution in [3.63, 3.8) is 0 Å². The van der Waals surface area contributed by atoms with Crippen molar-refractivity contribution < 1.29 is 23.4 Å². The molecule has 35 heavy (non-hydrogen) atoms. The van der Waals surface area contributed by atoms with E-state index in [9.17, 15) is 15.2 Å². The minimum atomic E-state index is -2.96. The first-order valence-electron chi connectivity index (χ1n) is 11.3. The number of halogens is 2. The number of nitriles is 1. The molecule has 182 valence electrons. The topological polar surface area (TPSA) is 117 Å². The molecule has 1 aromatic carbocycles. The van der Waals surface area contributed by atoms with Gasteiger partial charge in [0.1, 0.15) is 11.2 Å². The summed E-state index contributed by atoms with van der Waals surface area (Å²) in [5, 5.41) is 19.3. The predicted molar refractivity (Wildman–Crippen MR) is 121 cm³/mol. The number of ether oxygens (including phenoxy) is 1. The second-order valence-electron chi connectivity index (χ2n) is 9.83. The fourth-order valence-electron chi connectivity index (χ4n) is 4.82. The highest BCUT2D eigenvalue weighted by Crippen LogP contribution is 2.48. The average Bonchev–Trinajstić information content (AvgIpc) is 3.36. The summed E-state index contributed by atoms with van der Waals surface area (Å²) in [6.45, 7) is 3.20. The lowest BCUT2D eigenvalue weighted by Crippen LogP contribution is -2.48. The van der Waals surface area contributed by atoms with Crippen molar-refractivity contribution in [3.8, 4) is 6.07 Å². The summed E-state index contributed by atoms with van der Waals surface area (Å²) in [5.41, 5.74) is -0.285. The van der Waals surface area contributed by atoms with E-state index < -0.39 is 35.6 Å². The first-order valence-corrected chi connectivity index (χ1v) is 11.3. The smallest absolute Gasteiger partial charge is 0.416 e. The molecule has 11 heteroatoms. The second kappa shape index (κ2) is 7.95. The highest BCUT2D eigenvalue weighted by molar-refractivity contribution is 5.89. The Hall–Kier alpha value is -3.65. The highest BCUT2D eigenvalue weighted by atomic mass is 19.3. The zero-order chi connectivity index (χ0) is 25.0. The first-order chi connectivity index (χ1) is 16.5. The van der Waals surface area contributed by atoms with Crippen molar-refractivity contribution in [1.29, 1.82) is 5.26 Å². The normalized spacial score (nSPS) is 24.1. The van der Waals surface area contributed by atoms with E-state index in [2.05, 4.69) is 21.0 Å². The van der Waals surface area contributed by atoms with Gasteiger partial charge in [0.05, 0.1) is 53.6 Å². The summed E-state index contributed by atoms with van der Waals surface area (Å²) >= 11 is 0. The van der Waals surface area contributed by atoms with Crippen LogP contribution in [0, 0.1) is 17.2 Å². The molecular formula is C24H24F2N6O3. The van der Waals surface area contributed by atoms with E-state index in [1.54, 1.807) is 36.6 Å². The van der Waals surface area contributed by atoms with Gasteiger partial charge >= 0.3 is 6.09 Å². The second-order valence-corrected chi connectivity index (χ2v) is 9.83. The molecule has 3 aromatic rings. The molecule has 1 saturated heterocycles. The van der Waals surface area contributed by atoms with Crippen molar-refractivity contribution in [3.05, 3.63) is 48.2 Å². The Balaban J connectivity index is 1.38. The van der Waals surface area contributed by atoms with Crippen LogP contribution in [0.4, 0.5) is 19.4 Å². The number of benzene rings is 1. The summed E-state index contributed by atoms with van der Waals surface area (Å²) in [7, 11) is 0. The number of carbonyl (C=O) groups excluding carboxylic acids is 1. The SMILES string of the molecule is CC(C)(O)c1cnc(N2C[C@@]3(CCC(F)(F)C(Cn4cnc5ccc(C#N)cc54)C3)OC2=O)cn1. The van der Waals surface area contributed by atoms with E-state index in [-0.39, 0.29) is 31.7 Å². The third-order valence-corrected chi connectivity index (χ3v) is 6.81. The number of nitrogens with zero attached hydrogens (tertiary/aromatic N) is 6. The van der Waals surface area contributed by atoms with Crippen LogP contribution in [-0.4, -0.2) is 48.8 Å². The Morgan fingerprint density at radius 1 is 1.26 bits per heavy atom. The van der Waals surface area contributed by atoms with Gasteiger partial charge < -0.3 is 14.4 Å². The third kappa shape index (κ3) is 4.18. The predicted octanol–water partition coefficient (Wildman–Crippen LogP) is 3.76. The molecule has 1 unspecified atom stereocenters. The van der Waals surface area contributed by atoms with Crippen LogP contribution in [0.25, 0.3) is 11.0 Å². The maximum atomic E-state index is 15.0. The lowest BCUT2D eigenvalue weighted by Gasteiger charge is -2.40.